The minimum atomic E-state index is -0.999. The predicted molar refractivity (Wildman–Crippen MR) is 87.8 cm³/mol. The number of phenolic OH excluding ortho intramolecular Hbond substituents is 1. The van der Waals surface area contributed by atoms with Gasteiger partial charge < -0.3 is 19.9 Å². The van der Waals surface area contributed by atoms with E-state index in [-0.39, 0.29) is 17.3 Å². The van der Waals surface area contributed by atoms with Gasteiger partial charge in [-0.2, -0.15) is 0 Å². The molecule has 3 rings (SSSR count). The van der Waals surface area contributed by atoms with Crippen LogP contribution in [-0.2, 0) is 16.0 Å². The van der Waals surface area contributed by atoms with Gasteiger partial charge in [0.25, 0.3) is 0 Å². The van der Waals surface area contributed by atoms with Crippen LogP contribution in [0.15, 0.2) is 22.6 Å². The van der Waals surface area contributed by atoms with Crippen molar-refractivity contribution in [2.45, 2.75) is 27.2 Å². The molecule has 1 amide bonds. The lowest BCUT2D eigenvalue weighted by atomic mass is 10.1. The molecule has 1 saturated carbocycles. The molecule has 0 aliphatic heterocycles. The highest BCUT2D eigenvalue weighted by Gasteiger charge is 2.65. The highest BCUT2D eigenvalue weighted by Crippen LogP contribution is 2.58. The summed E-state index contributed by atoms with van der Waals surface area (Å²) in [7, 11) is 0. The van der Waals surface area contributed by atoms with Crippen LogP contribution in [0.5, 0.6) is 5.75 Å². The summed E-state index contributed by atoms with van der Waals surface area (Å²) < 4.78 is 5.47. The topological polar surface area (TPSA) is 126 Å². The Kier molecular flexibility index (Phi) is 3.98. The Hall–Kier alpha value is -2.90. The molecule has 2 aromatic rings. The molecule has 3 N–H and O–H groups in total. The van der Waals surface area contributed by atoms with Crippen molar-refractivity contribution in [1.29, 1.82) is 0 Å². The second-order valence-electron chi connectivity index (χ2n) is 6.69. The molecule has 0 saturated heterocycles. The molecule has 132 valence electrons. The Morgan fingerprint density at radius 3 is 2.56 bits per heavy atom. The van der Waals surface area contributed by atoms with E-state index < -0.39 is 29.1 Å². The molecule has 8 nitrogen and oxygen atoms in total. The first kappa shape index (κ1) is 16.9. The Labute approximate surface area is 143 Å². The second kappa shape index (κ2) is 5.87. The molecule has 1 aliphatic carbocycles. The third kappa shape index (κ3) is 2.95. The average molecular weight is 345 g/mol. The Balaban J connectivity index is 1.82. The van der Waals surface area contributed by atoms with Gasteiger partial charge in [-0.3, -0.25) is 9.59 Å². The van der Waals surface area contributed by atoms with Gasteiger partial charge in [0, 0.05) is 12.0 Å². The van der Waals surface area contributed by atoms with Crippen LogP contribution in [0, 0.1) is 17.3 Å². The number of hydrogen-bond donors (Lipinski definition) is 3. The summed E-state index contributed by atoms with van der Waals surface area (Å²) >= 11 is 0. The van der Waals surface area contributed by atoms with Gasteiger partial charge in [0.2, 0.25) is 17.7 Å². The number of benzene rings is 1. The first-order chi connectivity index (χ1) is 11.8. The molecular weight excluding hydrogens is 326 g/mol. The Morgan fingerprint density at radius 1 is 1.28 bits per heavy atom. The molecule has 0 bridgehead atoms. The summed E-state index contributed by atoms with van der Waals surface area (Å²) in [6, 6.07) is 4.53. The van der Waals surface area contributed by atoms with Crippen LogP contribution in [0.4, 0.5) is 5.69 Å². The van der Waals surface area contributed by atoms with Crippen molar-refractivity contribution < 1.29 is 24.2 Å². The van der Waals surface area contributed by atoms with Gasteiger partial charge in [0.05, 0.1) is 17.5 Å². The number of rotatable bonds is 5. The van der Waals surface area contributed by atoms with E-state index in [0.29, 0.717) is 17.9 Å². The van der Waals surface area contributed by atoms with Crippen molar-refractivity contribution >= 4 is 17.6 Å². The van der Waals surface area contributed by atoms with Crippen molar-refractivity contribution in [2.24, 2.45) is 17.3 Å². The lowest BCUT2D eigenvalue weighted by Gasteiger charge is -2.09. The molecule has 1 fully saturated rings. The predicted octanol–water partition coefficient (Wildman–Crippen LogP) is 2.30. The first-order valence-corrected chi connectivity index (χ1v) is 7.95. The summed E-state index contributed by atoms with van der Waals surface area (Å²) in [6.07, 6.45) is 0.599. The van der Waals surface area contributed by atoms with Crippen LogP contribution in [0.3, 0.4) is 0 Å². The summed E-state index contributed by atoms with van der Waals surface area (Å²) in [5, 5.41) is 29.6. The summed E-state index contributed by atoms with van der Waals surface area (Å²) in [5.41, 5.74) is 0.0989. The number of carboxylic acid groups (broad SMARTS) is 1. The number of amides is 1. The van der Waals surface area contributed by atoms with E-state index in [9.17, 15) is 19.8 Å². The van der Waals surface area contributed by atoms with Gasteiger partial charge in [-0.25, -0.2) is 0 Å². The molecule has 1 aromatic heterocycles. The lowest BCUT2D eigenvalue weighted by Crippen LogP contribution is -2.17. The van der Waals surface area contributed by atoms with Crippen molar-refractivity contribution in [3.63, 3.8) is 0 Å². The highest BCUT2D eigenvalue weighted by atomic mass is 16.4. The van der Waals surface area contributed by atoms with Gasteiger partial charge in [-0.05, 0) is 23.6 Å². The van der Waals surface area contributed by atoms with Crippen LogP contribution in [0.25, 0.3) is 11.5 Å². The molecule has 2 unspecified atom stereocenters. The van der Waals surface area contributed by atoms with Crippen molar-refractivity contribution in [1.82, 2.24) is 10.2 Å². The van der Waals surface area contributed by atoms with E-state index >= 15 is 0 Å². The third-order valence-electron chi connectivity index (χ3n) is 4.65. The van der Waals surface area contributed by atoms with Crippen LogP contribution in [0.2, 0.25) is 0 Å². The van der Waals surface area contributed by atoms with E-state index in [0.717, 1.165) is 0 Å². The van der Waals surface area contributed by atoms with Gasteiger partial charge in [0.1, 0.15) is 5.75 Å². The van der Waals surface area contributed by atoms with Gasteiger partial charge in [0.15, 0.2) is 0 Å². The zero-order valence-corrected chi connectivity index (χ0v) is 14.1. The van der Waals surface area contributed by atoms with Crippen molar-refractivity contribution in [2.75, 3.05) is 5.32 Å². The molecule has 0 spiro atoms. The van der Waals surface area contributed by atoms with Crippen LogP contribution < -0.4 is 5.32 Å². The number of nitrogens with one attached hydrogen (secondary N) is 1. The molecular formula is C17H19N3O5. The highest BCUT2D eigenvalue weighted by molar-refractivity contribution is 6.00. The third-order valence-corrected chi connectivity index (χ3v) is 4.65. The van der Waals surface area contributed by atoms with Crippen LogP contribution in [-0.4, -0.2) is 32.3 Å². The maximum atomic E-state index is 12.4. The smallest absolute Gasteiger partial charge is 0.307 e. The fourth-order valence-corrected chi connectivity index (χ4v) is 3.08. The van der Waals surface area contributed by atoms with E-state index in [1.165, 1.54) is 12.1 Å². The number of nitrogens with zero attached hydrogens (tertiary/aromatic N) is 2. The van der Waals surface area contributed by atoms with Crippen LogP contribution in [0.1, 0.15) is 26.7 Å². The average Bonchev–Trinajstić information content (AvgIpc) is 2.92. The largest absolute Gasteiger partial charge is 0.506 e. The number of hydrogen-bond acceptors (Lipinski definition) is 6. The Bertz CT molecular complexity index is 843. The summed E-state index contributed by atoms with van der Waals surface area (Å²) in [6.45, 7) is 5.35. The number of aryl methyl sites for hydroxylation is 1. The zero-order valence-electron chi connectivity index (χ0n) is 14.1. The van der Waals surface area contributed by atoms with E-state index in [1.54, 1.807) is 19.9 Å². The summed E-state index contributed by atoms with van der Waals surface area (Å²) in [4.78, 5) is 23.6. The summed E-state index contributed by atoms with van der Waals surface area (Å²) in [5.74, 6) is -2.19. The number of aromatic nitrogens is 2. The lowest BCUT2D eigenvalue weighted by molar-refractivity contribution is -0.140. The van der Waals surface area contributed by atoms with E-state index in [4.69, 9.17) is 4.42 Å². The maximum absolute atomic E-state index is 12.4. The van der Waals surface area contributed by atoms with Crippen molar-refractivity contribution in [3.8, 4) is 17.2 Å². The number of aliphatic carboxylic acids is 1. The molecule has 25 heavy (non-hydrogen) atoms. The number of carbonyl (C=O) groups excluding carboxylic acids is 1. The van der Waals surface area contributed by atoms with Crippen LogP contribution >= 0.6 is 0 Å². The fraction of sp³-hybridized carbons (Fsp3) is 0.412. The first-order valence-electron chi connectivity index (χ1n) is 7.95. The molecule has 1 aromatic carbocycles. The quantitative estimate of drug-likeness (QED) is 0.710. The second-order valence-corrected chi connectivity index (χ2v) is 6.69. The molecule has 1 aliphatic rings. The molecule has 0 radical (unpaired) electrons. The standard InChI is InChI=1S/C17H19N3O5/c1-4-11-19-20-15(25-11)8-5-6-10(21)9(7-8)18-14(22)12-13(16(23)24)17(12,2)3/h5-7,12-13,21H,4H2,1-3H3,(H,18,22)(H,23,24). The maximum Gasteiger partial charge on any atom is 0.307 e. The van der Waals surface area contributed by atoms with Gasteiger partial charge >= 0.3 is 5.97 Å². The van der Waals surface area contributed by atoms with Gasteiger partial charge in [-0.15, -0.1) is 10.2 Å². The van der Waals surface area contributed by atoms with Crippen molar-refractivity contribution in [3.05, 3.63) is 24.1 Å². The van der Waals surface area contributed by atoms with E-state index in [1.807, 2.05) is 6.92 Å². The fourth-order valence-electron chi connectivity index (χ4n) is 3.08. The number of carbonyl (C=O) groups is 2. The minimum Gasteiger partial charge on any atom is -0.506 e. The minimum absolute atomic E-state index is 0.127. The SMILES string of the molecule is CCc1nnc(-c2ccc(O)c(NC(=O)C3C(C(=O)O)C3(C)C)c2)o1. The molecule has 2 atom stereocenters. The number of carboxylic acids is 1. The monoisotopic (exact) mass is 345 g/mol. The number of aromatic hydroxyl groups is 1. The Morgan fingerprint density at radius 2 is 2.00 bits per heavy atom. The molecule has 8 heteroatoms. The number of phenols is 1. The normalized spacial score (nSPS) is 20.9. The van der Waals surface area contributed by atoms with Gasteiger partial charge in [-0.1, -0.05) is 20.8 Å². The zero-order chi connectivity index (χ0) is 18.4. The molecule has 1 heterocycles. The van der Waals surface area contributed by atoms with E-state index in [2.05, 4.69) is 15.5 Å². The number of anilines is 1.